The number of ether oxygens (including phenoxy) is 2. The van der Waals surface area contributed by atoms with Gasteiger partial charge in [-0.2, -0.15) is 0 Å². The zero-order valence-corrected chi connectivity index (χ0v) is 16.8. The molecule has 4 atom stereocenters. The SMILES string of the molecule is CO[C@@]12C=C[C@@H](CC1)C1=C2C(=O)c2c(O)c3c(c(O)c2C1=O)[C@]1(OC)C=C[C@H]3CC1. The summed E-state index contributed by atoms with van der Waals surface area (Å²) in [4.78, 5) is 27.4. The third kappa shape index (κ3) is 1.79. The first-order valence-electron chi connectivity index (χ1n) is 10.3. The predicted octanol–water partition coefficient (Wildman–Crippen LogP) is 3.43. The molecule has 8 rings (SSSR count). The van der Waals surface area contributed by atoms with Crippen molar-refractivity contribution in [3.05, 3.63) is 57.7 Å². The van der Waals surface area contributed by atoms with Crippen LogP contribution in [0.3, 0.4) is 0 Å². The van der Waals surface area contributed by atoms with Gasteiger partial charge in [0.1, 0.15) is 22.7 Å². The maximum atomic E-state index is 13.7. The number of ketones is 2. The van der Waals surface area contributed by atoms with Crippen molar-refractivity contribution in [2.45, 2.75) is 42.8 Å². The Morgan fingerprint density at radius 3 is 2.07 bits per heavy atom. The molecule has 30 heavy (non-hydrogen) atoms. The van der Waals surface area contributed by atoms with Crippen molar-refractivity contribution < 1.29 is 29.3 Å². The Kier molecular flexibility index (Phi) is 3.32. The maximum absolute atomic E-state index is 13.7. The lowest BCUT2D eigenvalue weighted by molar-refractivity contribution is 0.00407. The van der Waals surface area contributed by atoms with Crippen molar-refractivity contribution in [1.82, 2.24) is 0 Å². The fourth-order valence-corrected chi connectivity index (χ4v) is 6.33. The molecular weight excluding hydrogens is 384 g/mol. The molecule has 0 aliphatic heterocycles. The smallest absolute Gasteiger partial charge is 0.197 e. The van der Waals surface area contributed by atoms with E-state index in [1.165, 1.54) is 7.11 Å². The Balaban J connectivity index is 1.68. The molecule has 0 unspecified atom stereocenters. The van der Waals surface area contributed by atoms with Gasteiger partial charge in [-0.15, -0.1) is 0 Å². The fraction of sp³-hybridized carbons (Fsp3) is 0.417. The van der Waals surface area contributed by atoms with Gasteiger partial charge in [0.15, 0.2) is 11.6 Å². The number of rotatable bonds is 2. The zero-order valence-electron chi connectivity index (χ0n) is 16.8. The normalized spacial score (nSPS) is 35.0. The number of carbonyl (C=O) groups excluding carboxylic acids is 2. The van der Waals surface area contributed by atoms with E-state index >= 15 is 0 Å². The van der Waals surface area contributed by atoms with E-state index in [0.717, 1.165) is 6.42 Å². The summed E-state index contributed by atoms with van der Waals surface area (Å²) in [5.74, 6) is -1.60. The maximum Gasteiger partial charge on any atom is 0.197 e. The quantitative estimate of drug-likeness (QED) is 0.577. The van der Waals surface area contributed by atoms with Crippen LogP contribution in [0.15, 0.2) is 35.5 Å². The van der Waals surface area contributed by atoms with Gasteiger partial charge in [-0.05, 0) is 25.7 Å². The molecule has 7 aliphatic rings. The lowest BCUT2D eigenvalue weighted by Crippen LogP contribution is -2.47. The van der Waals surface area contributed by atoms with E-state index in [2.05, 4.69) is 0 Å². The molecule has 0 amide bonds. The van der Waals surface area contributed by atoms with Crippen molar-refractivity contribution in [1.29, 1.82) is 0 Å². The second-order valence-electron chi connectivity index (χ2n) is 8.88. The Hall–Kier alpha value is -2.70. The van der Waals surface area contributed by atoms with Crippen LogP contribution >= 0.6 is 0 Å². The molecule has 7 aliphatic carbocycles. The van der Waals surface area contributed by atoms with Gasteiger partial charge >= 0.3 is 0 Å². The van der Waals surface area contributed by atoms with Crippen molar-refractivity contribution >= 4 is 11.6 Å². The first kappa shape index (κ1) is 18.1. The molecule has 0 aromatic heterocycles. The molecule has 4 bridgehead atoms. The predicted molar refractivity (Wildman–Crippen MR) is 107 cm³/mol. The zero-order chi connectivity index (χ0) is 21.0. The van der Waals surface area contributed by atoms with E-state index in [9.17, 15) is 19.8 Å². The lowest BCUT2D eigenvalue weighted by atomic mass is 9.60. The number of Topliss-reactive ketones (excluding diaryl/α,β-unsaturated/α-hetero) is 2. The van der Waals surface area contributed by atoms with E-state index in [1.54, 1.807) is 7.11 Å². The van der Waals surface area contributed by atoms with Gasteiger partial charge in [-0.25, -0.2) is 0 Å². The van der Waals surface area contributed by atoms with Crippen LogP contribution in [0.2, 0.25) is 0 Å². The molecule has 6 heteroatoms. The topological polar surface area (TPSA) is 93.1 Å². The van der Waals surface area contributed by atoms with E-state index < -0.39 is 22.8 Å². The van der Waals surface area contributed by atoms with Gasteiger partial charge in [0, 0.05) is 48.3 Å². The highest BCUT2D eigenvalue weighted by Gasteiger charge is 2.55. The van der Waals surface area contributed by atoms with Crippen LogP contribution in [0.1, 0.15) is 63.4 Å². The van der Waals surface area contributed by atoms with Gasteiger partial charge in [-0.1, -0.05) is 24.3 Å². The minimum atomic E-state index is -0.959. The van der Waals surface area contributed by atoms with Crippen LogP contribution in [0.25, 0.3) is 0 Å². The second-order valence-corrected chi connectivity index (χ2v) is 8.88. The van der Waals surface area contributed by atoms with E-state index in [4.69, 9.17) is 9.47 Å². The van der Waals surface area contributed by atoms with Gasteiger partial charge in [0.25, 0.3) is 0 Å². The molecule has 154 valence electrons. The summed E-state index contributed by atoms with van der Waals surface area (Å²) >= 11 is 0. The van der Waals surface area contributed by atoms with Gasteiger partial charge in [-0.3, -0.25) is 9.59 Å². The molecular formula is C24H22O6. The molecule has 0 heterocycles. The summed E-state index contributed by atoms with van der Waals surface area (Å²) in [5, 5.41) is 22.6. The third-order valence-corrected chi connectivity index (χ3v) is 7.85. The van der Waals surface area contributed by atoms with Gasteiger partial charge in [0.05, 0.1) is 11.1 Å². The monoisotopic (exact) mass is 406 g/mol. The second kappa shape index (κ2) is 5.50. The molecule has 2 N–H and O–H groups in total. The van der Waals surface area contributed by atoms with Crippen molar-refractivity contribution in [2.75, 3.05) is 14.2 Å². The van der Waals surface area contributed by atoms with E-state index in [-0.39, 0.29) is 34.5 Å². The minimum absolute atomic E-state index is 0.0976. The van der Waals surface area contributed by atoms with Crippen molar-refractivity contribution in [3.63, 3.8) is 0 Å². The van der Waals surface area contributed by atoms with Crippen molar-refractivity contribution in [3.8, 4) is 11.5 Å². The summed E-state index contributed by atoms with van der Waals surface area (Å²) in [6.07, 6.45) is 10.3. The van der Waals surface area contributed by atoms with Crippen LogP contribution in [-0.4, -0.2) is 41.6 Å². The standard InChI is InChI=1S/C24H22O6/c1-29-23-7-3-11(4-8-23)13-17(23)21(27)15-16(19(13)25)22(28)18-14(20(15)26)12-5-9-24(18,30-2)10-6-12/h3,5,7,9,11-12,25,27H,4,6,8,10H2,1-2H3/t11-,12-,23-,24-/m0/s1. The van der Waals surface area contributed by atoms with Crippen LogP contribution in [-0.2, 0) is 15.1 Å². The Morgan fingerprint density at radius 1 is 0.867 bits per heavy atom. The summed E-state index contributed by atoms with van der Waals surface area (Å²) < 4.78 is 11.5. The third-order valence-electron chi connectivity index (χ3n) is 7.85. The lowest BCUT2D eigenvalue weighted by Gasteiger charge is -2.47. The van der Waals surface area contributed by atoms with E-state index in [1.807, 2.05) is 24.3 Å². The molecule has 0 saturated heterocycles. The number of phenols is 2. The van der Waals surface area contributed by atoms with Crippen LogP contribution in [0.4, 0.5) is 0 Å². The number of aromatic hydroxyl groups is 2. The highest BCUT2D eigenvalue weighted by atomic mass is 16.5. The molecule has 1 aromatic rings. The number of hydrogen-bond donors (Lipinski definition) is 2. The summed E-state index contributed by atoms with van der Waals surface area (Å²) in [5.41, 5.74) is -0.441. The van der Waals surface area contributed by atoms with Gasteiger partial charge < -0.3 is 19.7 Å². The number of phenolic OH excluding ortho intramolecular Hbond substituents is 2. The number of benzene rings is 1. The average molecular weight is 406 g/mol. The molecule has 0 radical (unpaired) electrons. The summed E-state index contributed by atoms with van der Waals surface area (Å²) in [6.45, 7) is 0. The van der Waals surface area contributed by atoms with Crippen molar-refractivity contribution in [2.24, 2.45) is 5.92 Å². The van der Waals surface area contributed by atoms with Crippen LogP contribution in [0, 0.1) is 5.92 Å². The fourth-order valence-electron chi connectivity index (χ4n) is 6.33. The number of methoxy groups -OCH3 is 2. The number of allylic oxidation sites excluding steroid dienone is 3. The first-order valence-corrected chi connectivity index (χ1v) is 10.3. The number of fused-ring (bicyclic) bond motifs is 3. The summed E-state index contributed by atoms with van der Waals surface area (Å²) in [6, 6.07) is 0. The Labute approximate surface area is 173 Å². The highest BCUT2D eigenvalue weighted by Crippen LogP contribution is 2.60. The molecule has 0 saturated carbocycles. The Bertz CT molecular complexity index is 1150. The van der Waals surface area contributed by atoms with E-state index in [0.29, 0.717) is 41.5 Å². The molecule has 0 spiro atoms. The Morgan fingerprint density at radius 2 is 1.47 bits per heavy atom. The minimum Gasteiger partial charge on any atom is -0.507 e. The average Bonchev–Trinajstić information content (AvgIpc) is 2.80. The largest absolute Gasteiger partial charge is 0.507 e. The molecule has 1 aromatic carbocycles. The summed E-state index contributed by atoms with van der Waals surface area (Å²) in [7, 11) is 3.08. The number of carbonyl (C=O) groups is 2. The van der Waals surface area contributed by atoms with Crippen LogP contribution < -0.4 is 0 Å². The first-order chi connectivity index (χ1) is 14.4. The highest BCUT2D eigenvalue weighted by molar-refractivity contribution is 6.30. The number of hydrogen-bond acceptors (Lipinski definition) is 6. The van der Waals surface area contributed by atoms with Crippen LogP contribution in [0.5, 0.6) is 11.5 Å². The molecule has 0 fully saturated rings. The van der Waals surface area contributed by atoms with Gasteiger partial charge in [0.2, 0.25) is 0 Å². The molecule has 6 nitrogen and oxygen atoms in total.